The molecule has 1 aromatic heterocycles. The number of aromatic nitrogens is 2. The normalized spacial score (nSPS) is 15.2. The second-order valence-electron chi connectivity index (χ2n) is 7.66. The molecule has 33 heavy (non-hydrogen) atoms. The second-order valence-corrected chi connectivity index (χ2v) is 9.27. The van der Waals surface area contributed by atoms with Gasteiger partial charge in [-0.25, -0.2) is 18.7 Å². The van der Waals surface area contributed by atoms with Crippen LogP contribution in [0, 0.1) is 5.82 Å². The van der Waals surface area contributed by atoms with Gasteiger partial charge in [-0.2, -0.15) is 0 Å². The van der Waals surface area contributed by atoms with Gasteiger partial charge in [-0.05, 0) is 49.6 Å². The molecule has 2 rings (SSSR count). The molecular weight excluding hydrogens is 450 g/mol. The van der Waals surface area contributed by atoms with Gasteiger partial charge >= 0.3 is 0 Å². The lowest BCUT2D eigenvalue weighted by atomic mass is 9.98. The van der Waals surface area contributed by atoms with Gasteiger partial charge in [-0.3, -0.25) is 4.99 Å². The number of halogens is 2. The second kappa shape index (κ2) is 12.6. The average molecular weight is 481 g/mol. The molecule has 0 amide bonds. The minimum atomic E-state index is -0.603. The molecule has 0 saturated heterocycles. The summed E-state index contributed by atoms with van der Waals surface area (Å²) in [6.45, 7) is 4.39. The quantitative estimate of drug-likeness (QED) is 0.382. The fourth-order valence-corrected chi connectivity index (χ4v) is 3.95. The lowest BCUT2D eigenvalue weighted by molar-refractivity contribution is 0.0698. The molecule has 0 aliphatic carbocycles. The zero-order chi connectivity index (χ0) is 24.4. The summed E-state index contributed by atoms with van der Waals surface area (Å²) in [5, 5.41) is 0.375. The van der Waals surface area contributed by atoms with Crippen molar-refractivity contribution in [3.05, 3.63) is 53.2 Å². The van der Waals surface area contributed by atoms with Crippen LogP contribution in [0.4, 0.5) is 8.78 Å². The number of benzene rings is 1. The van der Waals surface area contributed by atoms with E-state index in [1.807, 2.05) is 13.8 Å². The third-order valence-corrected chi connectivity index (χ3v) is 5.84. The fraction of sp³-hybridized carbons (Fsp3) is 0.435. The van der Waals surface area contributed by atoms with Crippen molar-refractivity contribution < 1.29 is 23.0 Å². The molecule has 7 nitrogen and oxygen atoms in total. The van der Waals surface area contributed by atoms with Gasteiger partial charge in [-0.15, -0.1) is 0 Å². The largest absolute Gasteiger partial charge is 0.474 e. The molecule has 0 fully saturated rings. The van der Waals surface area contributed by atoms with Crippen molar-refractivity contribution in [2.45, 2.75) is 31.1 Å². The van der Waals surface area contributed by atoms with Crippen LogP contribution in [-0.4, -0.2) is 60.5 Å². The van der Waals surface area contributed by atoms with E-state index in [4.69, 9.17) is 19.9 Å². The van der Waals surface area contributed by atoms with Crippen molar-refractivity contribution in [1.29, 1.82) is 0 Å². The van der Waals surface area contributed by atoms with Crippen molar-refractivity contribution in [1.82, 2.24) is 9.97 Å². The van der Waals surface area contributed by atoms with E-state index in [0.717, 1.165) is 0 Å². The van der Waals surface area contributed by atoms with Crippen LogP contribution in [0.2, 0.25) is 0 Å². The van der Waals surface area contributed by atoms with Gasteiger partial charge in [0, 0.05) is 26.0 Å². The first-order chi connectivity index (χ1) is 15.7. The highest BCUT2D eigenvalue weighted by molar-refractivity contribution is 8.15. The highest BCUT2D eigenvalue weighted by Gasteiger charge is 2.28. The van der Waals surface area contributed by atoms with Crippen molar-refractivity contribution in [3.8, 4) is 5.88 Å². The van der Waals surface area contributed by atoms with E-state index in [0.29, 0.717) is 35.9 Å². The Kier molecular flexibility index (Phi) is 10.2. The standard InChI is InChI=1S/C23H30F2N4O3S/c1-15(31-5)13-32-21-12-28-20(11-29-21)19(25)9-16-6-7-18(24)17(8-16)10-23(2,14-30-4)33-22(26)27-3/h6-9,11-12,15H,10,13-14H2,1-5H3,(H2,26,27)/b19-9-/t15-,23+/m0/s1. The van der Waals surface area contributed by atoms with Crippen molar-refractivity contribution in [2.75, 3.05) is 34.5 Å². The van der Waals surface area contributed by atoms with Crippen molar-refractivity contribution in [2.24, 2.45) is 10.7 Å². The number of nitrogens with zero attached hydrogens (tertiary/aromatic N) is 3. The van der Waals surface area contributed by atoms with Crippen LogP contribution in [-0.2, 0) is 15.9 Å². The van der Waals surface area contributed by atoms with Gasteiger partial charge in [0.05, 0.1) is 25.1 Å². The van der Waals surface area contributed by atoms with E-state index < -0.39 is 16.4 Å². The van der Waals surface area contributed by atoms with E-state index >= 15 is 0 Å². The summed E-state index contributed by atoms with van der Waals surface area (Å²) in [6.07, 6.45) is 4.10. The number of ether oxygens (including phenoxy) is 3. The zero-order valence-electron chi connectivity index (χ0n) is 19.5. The third kappa shape index (κ3) is 8.38. The SMILES string of the molecule is CN=C(N)S[C@@](C)(COC)Cc1cc(/C=C(\F)c2cnc(OC[C@H](C)OC)cn2)ccc1F. The highest BCUT2D eigenvalue weighted by atomic mass is 32.2. The van der Waals surface area contributed by atoms with Crippen LogP contribution in [0.15, 0.2) is 35.6 Å². The fourth-order valence-electron chi connectivity index (χ4n) is 2.95. The first-order valence-corrected chi connectivity index (χ1v) is 11.0. The summed E-state index contributed by atoms with van der Waals surface area (Å²) < 4.78 is 44.6. The number of hydrogen-bond donors (Lipinski definition) is 1. The van der Waals surface area contributed by atoms with E-state index in [1.165, 1.54) is 42.4 Å². The Morgan fingerprint density at radius 2 is 2.06 bits per heavy atom. The van der Waals surface area contributed by atoms with Crippen LogP contribution >= 0.6 is 11.8 Å². The summed E-state index contributed by atoms with van der Waals surface area (Å²) in [4.78, 5) is 12.1. The highest BCUT2D eigenvalue weighted by Crippen LogP contribution is 2.31. The molecule has 2 atom stereocenters. The Balaban J connectivity index is 2.20. The molecule has 0 radical (unpaired) electrons. The van der Waals surface area contributed by atoms with E-state index in [9.17, 15) is 8.78 Å². The van der Waals surface area contributed by atoms with E-state index in [1.54, 1.807) is 27.3 Å². The number of nitrogens with two attached hydrogens (primary N) is 1. The summed E-state index contributed by atoms with van der Waals surface area (Å²) >= 11 is 1.31. The first kappa shape index (κ1) is 26.7. The Labute approximate surface area is 197 Å². The average Bonchev–Trinajstić information content (AvgIpc) is 2.79. The Hall–Kier alpha value is -2.56. The van der Waals surface area contributed by atoms with E-state index in [2.05, 4.69) is 15.0 Å². The summed E-state index contributed by atoms with van der Waals surface area (Å²) in [5.41, 5.74) is 6.81. The van der Waals surface area contributed by atoms with Crippen LogP contribution in [0.1, 0.15) is 30.7 Å². The Bertz CT molecular complexity index is 973. The smallest absolute Gasteiger partial charge is 0.232 e. The van der Waals surface area contributed by atoms with Gasteiger partial charge < -0.3 is 19.9 Å². The molecule has 1 aromatic carbocycles. The summed E-state index contributed by atoms with van der Waals surface area (Å²) in [5.74, 6) is -0.730. The minimum Gasteiger partial charge on any atom is -0.474 e. The molecule has 2 N–H and O–H groups in total. The molecule has 180 valence electrons. The number of aliphatic imine (C=N–C) groups is 1. The molecule has 2 aromatic rings. The lowest BCUT2D eigenvalue weighted by Gasteiger charge is -2.28. The minimum absolute atomic E-state index is 0.0414. The van der Waals surface area contributed by atoms with Crippen LogP contribution in [0.5, 0.6) is 5.88 Å². The molecule has 0 bridgehead atoms. The molecule has 0 aliphatic heterocycles. The van der Waals surface area contributed by atoms with Gasteiger partial charge in [-0.1, -0.05) is 17.8 Å². The maximum absolute atomic E-state index is 14.8. The predicted molar refractivity (Wildman–Crippen MR) is 128 cm³/mol. The summed E-state index contributed by atoms with van der Waals surface area (Å²) in [7, 11) is 4.74. The maximum Gasteiger partial charge on any atom is 0.232 e. The summed E-state index contributed by atoms with van der Waals surface area (Å²) in [6, 6.07) is 4.40. The van der Waals surface area contributed by atoms with Gasteiger partial charge in [0.1, 0.15) is 18.1 Å². The lowest BCUT2D eigenvalue weighted by Crippen LogP contribution is -2.33. The predicted octanol–water partition coefficient (Wildman–Crippen LogP) is 4.12. The van der Waals surface area contributed by atoms with Crippen LogP contribution in [0.25, 0.3) is 11.9 Å². The Morgan fingerprint density at radius 3 is 2.67 bits per heavy atom. The maximum atomic E-state index is 14.8. The van der Waals surface area contributed by atoms with Gasteiger partial charge in [0.15, 0.2) is 11.0 Å². The third-order valence-electron chi connectivity index (χ3n) is 4.69. The molecular formula is C23H30F2N4O3S. The van der Waals surface area contributed by atoms with E-state index in [-0.39, 0.29) is 17.7 Å². The first-order valence-electron chi connectivity index (χ1n) is 10.2. The number of rotatable bonds is 11. The number of hydrogen-bond acceptors (Lipinski definition) is 7. The van der Waals surface area contributed by atoms with Crippen LogP contribution < -0.4 is 10.5 Å². The topological polar surface area (TPSA) is 91.9 Å². The van der Waals surface area contributed by atoms with Crippen molar-refractivity contribution >= 4 is 28.8 Å². The number of thioether (sulfide) groups is 1. The number of amidine groups is 1. The zero-order valence-corrected chi connectivity index (χ0v) is 20.3. The van der Waals surface area contributed by atoms with Crippen LogP contribution in [0.3, 0.4) is 0 Å². The van der Waals surface area contributed by atoms with Gasteiger partial charge in [0.25, 0.3) is 0 Å². The molecule has 0 saturated carbocycles. The molecule has 0 spiro atoms. The van der Waals surface area contributed by atoms with Crippen molar-refractivity contribution in [3.63, 3.8) is 0 Å². The monoisotopic (exact) mass is 480 g/mol. The molecule has 1 heterocycles. The molecule has 0 aliphatic rings. The Morgan fingerprint density at radius 1 is 1.30 bits per heavy atom. The molecule has 10 heteroatoms. The van der Waals surface area contributed by atoms with Gasteiger partial charge in [0.2, 0.25) is 5.88 Å². The number of methoxy groups -OCH3 is 2. The molecule has 0 unspecified atom stereocenters.